The third-order valence-corrected chi connectivity index (χ3v) is 5.07. The molecule has 1 aliphatic heterocycles. The third kappa shape index (κ3) is 6.88. The Labute approximate surface area is 183 Å². The van der Waals surface area contributed by atoms with Crippen molar-refractivity contribution in [2.24, 2.45) is 10.7 Å². The van der Waals surface area contributed by atoms with Gasteiger partial charge >= 0.3 is 0 Å². The van der Waals surface area contributed by atoms with Crippen molar-refractivity contribution >= 4 is 18.0 Å². The second kappa shape index (κ2) is 11.2. The number of nitrogens with one attached hydrogen (secondary N) is 1. The summed E-state index contributed by atoms with van der Waals surface area (Å²) in [5.41, 5.74) is 10.2. The molecule has 3 N–H and O–H groups in total. The monoisotopic (exact) mass is 423 g/mol. The summed E-state index contributed by atoms with van der Waals surface area (Å²) < 4.78 is 13.1. The van der Waals surface area contributed by atoms with E-state index in [1.54, 1.807) is 25.1 Å². The normalized spacial score (nSPS) is 19.7. The molecule has 1 heterocycles. The number of nitrogens with two attached hydrogens (primary N) is 1. The number of amides is 1. The minimum absolute atomic E-state index is 0.0941. The quantitative estimate of drug-likeness (QED) is 0.701. The highest BCUT2D eigenvalue weighted by Gasteiger charge is 2.31. The van der Waals surface area contributed by atoms with Gasteiger partial charge in [-0.15, -0.1) is 0 Å². The molecule has 6 heteroatoms. The number of rotatable bonds is 4. The number of hydrogen-bond donors (Lipinski definition) is 2. The van der Waals surface area contributed by atoms with Gasteiger partial charge in [-0.1, -0.05) is 42.8 Å². The molecular formula is C25H30FN3O2. The van der Waals surface area contributed by atoms with Crippen molar-refractivity contribution in [2.75, 3.05) is 0 Å². The van der Waals surface area contributed by atoms with Crippen LogP contribution in [0.15, 0.2) is 64.8 Å². The molecule has 1 aliphatic rings. The van der Waals surface area contributed by atoms with Crippen LogP contribution in [0.1, 0.15) is 61.0 Å². The first-order valence-corrected chi connectivity index (χ1v) is 10.4. The molecule has 164 valence electrons. The summed E-state index contributed by atoms with van der Waals surface area (Å²) in [4.78, 5) is 26.8. The minimum Gasteiger partial charge on any atom is -0.402 e. The smallest absolute Gasteiger partial charge is 0.226 e. The zero-order valence-electron chi connectivity index (χ0n) is 18.5. The Bertz CT molecular complexity index is 977. The Morgan fingerprint density at radius 2 is 1.97 bits per heavy atom. The zero-order chi connectivity index (χ0) is 23.0. The summed E-state index contributed by atoms with van der Waals surface area (Å²) in [6.07, 6.45) is 2.01. The van der Waals surface area contributed by atoms with Gasteiger partial charge in [-0.2, -0.15) is 0 Å². The van der Waals surface area contributed by atoms with Crippen LogP contribution in [0.2, 0.25) is 0 Å². The van der Waals surface area contributed by atoms with Crippen molar-refractivity contribution in [2.45, 2.75) is 52.5 Å². The van der Waals surface area contributed by atoms with E-state index in [4.69, 9.17) is 5.73 Å². The van der Waals surface area contributed by atoms with E-state index in [9.17, 15) is 14.0 Å². The van der Waals surface area contributed by atoms with Gasteiger partial charge < -0.3 is 11.1 Å². The van der Waals surface area contributed by atoms with Crippen molar-refractivity contribution in [1.29, 1.82) is 0 Å². The molecule has 2 atom stereocenters. The van der Waals surface area contributed by atoms with Crippen LogP contribution >= 0.6 is 0 Å². The van der Waals surface area contributed by atoms with Crippen molar-refractivity contribution in [1.82, 2.24) is 5.32 Å². The molecule has 0 saturated carbocycles. The SMILES string of the molecule is CCC(C)N=C1NC(=O)C[C@@H](c2ccc(F)cc2)/C1=C(\C)N.Cc1cccc(C=O)c1. The molecule has 0 aromatic heterocycles. The average molecular weight is 424 g/mol. The summed E-state index contributed by atoms with van der Waals surface area (Å²) in [5, 5.41) is 2.82. The number of aldehydes is 1. The maximum atomic E-state index is 13.1. The average Bonchev–Trinajstić information content (AvgIpc) is 2.74. The number of hydrogen-bond acceptors (Lipinski definition) is 4. The van der Waals surface area contributed by atoms with Crippen LogP contribution in [0, 0.1) is 12.7 Å². The van der Waals surface area contributed by atoms with Gasteiger partial charge in [-0.05, 0) is 51.0 Å². The first kappa shape index (κ1) is 24.0. The highest BCUT2D eigenvalue weighted by atomic mass is 19.1. The molecule has 1 unspecified atom stereocenters. The fourth-order valence-corrected chi connectivity index (χ4v) is 3.30. The molecule has 0 radical (unpaired) electrons. The standard InChI is InChI=1S/C17H22FN3O.C8H8O/c1-4-10(2)20-17-16(11(3)19)14(9-15(22)21-17)12-5-7-13(18)8-6-12;1-7-3-2-4-8(5-7)6-9/h5-8,10,14H,4,9,19H2,1-3H3,(H,20,21,22);2-6H,1H3/b16-11-;/t10?,14-;/m0./s1. The number of nitrogens with zero attached hydrogens (tertiary/aromatic N) is 1. The first-order valence-electron chi connectivity index (χ1n) is 10.4. The molecule has 1 amide bonds. The van der Waals surface area contributed by atoms with Gasteiger partial charge in [0.2, 0.25) is 5.91 Å². The molecule has 0 aliphatic carbocycles. The number of piperidine rings is 1. The molecular weight excluding hydrogens is 393 g/mol. The van der Waals surface area contributed by atoms with Crippen LogP contribution in [0.3, 0.4) is 0 Å². The molecule has 1 fully saturated rings. The van der Waals surface area contributed by atoms with E-state index < -0.39 is 0 Å². The summed E-state index contributed by atoms with van der Waals surface area (Å²) >= 11 is 0. The Kier molecular flexibility index (Phi) is 8.67. The van der Waals surface area contributed by atoms with Gasteiger partial charge in [0.05, 0.1) is 0 Å². The van der Waals surface area contributed by atoms with Crippen molar-refractivity contribution in [3.63, 3.8) is 0 Å². The number of carbonyl (C=O) groups excluding carboxylic acids is 2. The topological polar surface area (TPSA) is 84.6 Å². The van der Waals surface area contributed by atoms with Crippen molar-refractivity contribution in [3.8, 4) is 0 Å². The van der Waals surface area contributed by atoms with Gasteiger partial charge in [0.1, 0.15) is 17.9 Å². The Morgan fingerprint density at radius 1 is 1.29 bits per heavy atom. The molecule has 0 bridgehead atoms. The largest absolute Gasteiger partial charge is 0.402 e. The van der Waals surface area contributed by atoms with Crippen LogP contribution in [-0.2, 0) is 4.79 Å². The van der Waals surface area contributed by atoms with Crippen molar-refractivity contribution < 1.29 is 14.0 Å². The molecule has 31 heavy (non-hydrogen) atoms. The number of carbonyl (C=O) groups is 2. The lowest BCUT2D eigenvalue weighted by Crippen LogP contribution is -2.41. The van der Waals surface area contributed by atoms with E-state index in [1.165, 1.54) is 12.1 Å². The van der Waals surface area contributed by atoms with Gasteiger partial charge in [0.25, 0.3) is 0 Å². The molecule has 1 saturated heterocycles. The predicted octanol–water partition coefficient (Wildman–Crippen LogP) is 4.67. The lowest BCUT2D eigenvalue weighted by molar-refractivity contribution is -0.120. The number of aliphatic imine (C=N–C) groups is 1. The van der Waals surface area contributed by atoms with E-state index >= 15 is 0 Å². The van der Waals surface area contributed by atoms with Crippen LogP contribution in [-0.4, -0.2) is 24.1 Å². The fraction of sp³-hybridized carbons (Fsp3) is 0.320. The summed E-state index contributed by atoms with van der Waals surface area (Å²) in [7, 11) is 0. The highest BCUT2D eigenvalue weighted by Crippen LogP contribution is 2.33. The third-order valence-electron chi connectivity index (χ3n) is 5.07. The molecule has 2 aromatic carbocycles. The maximum Gasteiger partial charge on any atom is 0.226 e. The molecule has 3 rings (SSSR count). The summed E-state index contributed by atoms with van der Waals surface area (Å²) in [6, 6.07) is 13.8. The lowest BCUT2D eigenvalue weighted by Gasteiger charge is -2.29. The van der Waals surface area contributed by atoms with Gasteiger partial charge in [-0.3, -0.25) is 14.6 Å². The first-order chi connectivity index (χ1) is 14.7. The van der Waals surface area contributed by atoms with E-state index in [1.807, 2.05) is 39.0 Å². The fourth-order valence-electron chi connectivity index (χ4n) is 3.30. The highest BCUT2D eigenvalue weighted by molar-refractivity contribution is 6.12. The lowest BCUT2D eigenvalue weighted by atomic mass is 9.83. The number of benzene rings is 2. The van der Waals surface area contributed by atoms with Crippen LogP contribution in [0.4, 0.5) is 4.39 Å². The Morgan fingerprint density at radius 3 is 2.48 bits per heavy atom. The molecule has 0 spiro atoms. The maximum absolute atomic E-state index is 13.1. The number of halogens is 1. The zero-order valence-corrected chi connectivity index (χ0v) is 18.5. The van der Waals surface area contributed by atoms with Gasteiger partial charge in [-0.25, -0.2) is 4.39 Å². The summed E-state index contributed by atoms with van der Waals surface area (Å²) in [6.45, 7) is 7.79. The Hall–Kier alpha value is -3.28. The Balaban J connectivity index is 0.000000316. The number of aryl methyl sites for hydroxylation is 1. The van der Waals surface area contributed by atoms with Crippen LogP contribution in [0.25, 0.3) is 0 Å². The number of allylic oxidation sites excluding steroid dienone is 1. The van der Waals surface area contributed by atoms with Gasteiger partial charge in [0, 0.05) is 35.2 Å². The van der Waals surface area contributed by atoms with E-state index in [2.05, 4.69) is 10.3 Å². The minimum atomic E-state index is -0.299. The van der Waals surface area contributed by atoms with E-state index in [0.29, 0.717) is 11.5 Å². The second-order valence-corrected chi connectivity index (χ2v) is 7.72. The van der Waals surface area contributed by atoms with Crippen molar-refractivity contribution in [3.05, 3.63) is 82.3 Å². The molecule has 2 aromatic rings. The van der Waals surface area contributed by atoms with Crippen LogP contribution in [0.5, 0.6) is 0 Å². The summed E-state index contributed by atoms with van der Waals surface area (Å²) in [5.74, 6) is -0.0454. The second-order valence-electron chi connectivity index (χ2n) is 7.72. The predicted molar refractivity (Wildman–Crippen MR) is 123 cm³/mol. The molecule has 5 nitrogen and oxygen atoms in total. The van der Waals surface area contributed by atoms with Gasteiger partial charge in [0.15, 0.2) is 0 Å². The number of amidine groups is 1. The van der Waals surface area contributed by atoms with E-state index in [0.717, 1.165) is 35.0 Å². The van der Waals surface area contributed by atoms with E-state index in [-0.39, 0.29) is 30.1 Å². The van der Waals surface area contributed by atoms with Crippen LogP contribution < -0.4 is 11.1 Å².